The van der Waals surface area contributed by atoms with E-state index in [0.29, 0.717) is 26.8 Å². The third-order valence-electron chi connectivity index (χ3n) is 4.15. The fraction of sp³-hybridized carbons (Fsp3) is 0.0952. The molecule has 0 radical (unpaired) electrons. The largest absolute Gasteiger partial charge is 0.497 e. The van der Waals surface area contributed by atoms with Gasteiger partial charge in [-0.1, -0.05) is 47.7 Å². The van der Waals surface area contributed by atoms with Gasteiger partial charge in [0.25, 0.3) is 5.56 Å². The molecule has 0 aliphatic heterocycles. The molecule has 0 aliphatic rings. The van der Waals surface area contributed by atoms with Crippen molar-refractivity contribution < 1.29 is 9.47 Å². The van der Waals surface area contributed by atoms with Crippen LogP contribution < -0.4 is 19.6 Å². The number of hydrogen-bond donors (Lipinski definition) is 0. The van der Waals surface area contributed by atoms with E-state index < -0.39 is 0 Å². The fourth-order valence-corrected chi connectivity index (χ4v) is 3.64. The first-order valence-electron chi connectivity index (χ1n) is 8.54. The van der Waals surface area contributed by atoms with Crippen molar-refractivity contribution in [1.29, 1.82) is 0 Å². The lowest BCUT2D eigenvalue weighted by Crippen LogP contribution is -2.23. The normalized spacial score (nSPS) is 12.1. The average molecular weight is 391 g/mol. The number of rotatable bonds is 5. The number of nitrogens with zero attached hydrogens (tertiary/aromatic N) is 3. The first kappa shape index (κ1) is 17.9. The van der Waals surface area contributed by atoms with E-state index in [0.717, 1.165) is 11.1 Å². The minimum Gasteiger partial charge on any atom is -0.497 e. The van der Waals surface area contributed by atoms with Crippen molar-refractivity contribution in [3.63, 3.8) is 0 Å². The van der Waals surface area contributed by atoms with Crippen molar-refractivity contribution in [3.05, 3.63) is 80.4 Å². The molecule has 0 saturated heterocycles. The summed E-state index contributed by atoms with van der Waals surface area (Å²) < 4.78 is 12.5. The van der Waals surface area contributed by atoms with Crippen molar-refractivity contribution in [2.75, 3.05) is 14.2 Å². The molecule has 28 heavy (non-hydrogen) atoms. The van der Waals surface area contributed by atoms with Crippen LogP contribution in [0.1, 0.15) is 17.0 Å². The van der Waals surface area contributed by atoms with Crippen LogP contribution in [0.3, 0.4) is 0 Å². The van der Waals surface area contributed by atoms with E-state index in [4.69, 9.17) is 9.47 Å². The maximum Gasteiger partial charge on any atom is 0.291 e. The van der Waals surface area contributed by atoms with Gasteiger partial charge in [-0.2, -0.15) is 9.50 Å². The molecule has 0 amide bonds. The van der Waals surface area contributed by atoms with Gasteiger partial charge < -0.3 is 9.47 Å². The average Bonchev–Trinajstić information content (AvgIpc) is 3.26. The molecular formula is C21H17N3O3S. The van der Waals surface area contributed by atoms with Crippen LogP contribution in [0.2, 0.25) is 0 Å². The topological polar surface area (TPSA) is 65.7 Å². The molecule has 7 heteroatoms. The van der Waals surface area contributed by atoms with Crippen LogP contribution >= 0.6 is 11.3 Å². The number of hydrogen-bond acceptors (Lipinski definition) is 6. The molecule has 0 unspecified atom stereocenters. The van der Waals surface area contributed by atoms with Gasteiger partial charge in [0.1, 0.15) is 11.5 Å². The summed E-state index contributed by atoms with van der Waals surface area (Å²) in [7, 11) is 3.18. The molecule has 0 atom stereocenters. The molecule has 0 N–H and O–H groups in total. The van der Waals surface area contributed by atoms with Crippen molar-refractivity contribution in [2.45, 2.75) is 0 Å². The van der Waals surface area contributed by atoms with Gasteiger partial charge in [-0.3, -0.25) is 4.79 Å². The Bertz CT molecular complexity index is 1260. The fourth-order valence-electron chi connectivity index (χ4n) is 2.73. The lowest BCUT2D eigenvalue weighted by molar-refractivity contribution is 0.393. The summed E-state index contributed by atoms with van der Waals surface area (Å²) in [6.07, 6.45) is 5.49. The Morgan fingerprint density at radius 2 is 1.86 bits per heavy atom. The van der Waals surface area contributed by atoms with Crippen molar-refractivity contribution >= 4 is 34.5 Å². The first-order valence-corrected chi connectivity index (χ1v) is 9.36. The summed E-state index contributed by atoms with van der Waals surface area (Å²) in [5.41, 5.74) is 1.63. The van der Waals surface area contributed by atoms with Crippen molar-refractivity contribution in [2.24, 2.45) is 0 Å². The standard InChI is InChI=1S/C21H17N3O3S/c1-26-16-10-9-15(17(13-16)27-2)12-18-20(25)24-21(28-18)22-19(23-24)11-8-14-6-4-3-5-7-14/h3-13H,1-2H3/b11-8+,18-12-. The van der Waals surface area contributed by atoms with E-state index >= 15 is 0 Å². The number of thiazole rings is 1. The van der Waals surface area contributed by atoms with Crippen LogP contribution in [0, 0.1) is 0 Å². The molecule has 0 saturated carbocycles. The molecule has 2 heterocycles. The van der Waals surface area contributed by atoms with Crippen LogP contribution in [0.15, 0.2) is 53.3 Å². The third kappa shape index (κ3) is 3.52. The van der Waals surface area contributed by atoms with Crippen molar-refractivity contribution in [1.82, 2.24) is 14.6 Å². The molecule has 6 nitrogen and oxygen atoms in total. The smallest absolute Gasteiger partial charge is 0.291 e. The lowest BCUT2D eigenvalue weighted by Gasteiger charge is -2.06. The minimum atomic E-state index is -0.204. The van der Waals surface area contributed by atoms with Crippen LogP contribution in [-0.2, 0) is 0 Å². The molecule has 2 aromatic carbocycles. The van der Waals surface area contributed by atoms with E-state index in [1.54, 1.807) is 32.4 Å². The highest BCUT2D eigenvalue weighted by atomic mass is 32.1. The van der Waals surface area contributed by atoms with Crippen LogP contribution in [0.4, 0.5) is 0 Å². The Morgan fingerprint density at radius 3 is 2.57 bits per heavy atom. The number of ether oxygens (including phenoxy) is 2. The van der Waals surface area contributed by atoms with E-state index in [1.165, 1.54) is 15.9 Å². The molecule has 4 aromatic rings. The molecule has 2 aromatic heterocycles. The minimum absolute atomic E-state index is 0.204. The summed E-state index contributed by atoms with van der Waals surface area (Å²) in [5, 5.41) is 4.30. The number of aromatic nitrogens is 3. The van der Waals surface area contributed by atoms with E-state index in [-0.39, 0.29) is 5.56 Å². The highest BCUT2D eigenvalue weighted by molar-refractivity contribution is 7.15. The van der Waals surface area contributed by atoms with Gasteiger partial charge in [0.15, 0.2) is 5.82 Å². The number of methoxy groups -OCH3 is 2. The van der Waals surface area contributed by atoms with Gasteiger partial charge in [-0.15, -0.1) is 5.10 Å². The molecule has 0 fully saturated rings. The van der Waals surface area contributed by atoms with Gasteiger partial charge in [0.2, 0.25) is 4.96 Å². The molecular weight excluding hydrogens is 374 g/mol. The summed E-state index contributed by atoms with van der Waals surface area (Å²) in [6.45, 7) is 0. The summed E-state index contributed by atoms with van der Waals surface area (Å²) >= 11 is 1.29. The molecule has 0 bridgehead atoms. The maximum atomic E-state index is 12.7. The predicted octanol–water partition coefficient (Wildman–Crippen LogP) is 2.89. The Kier molecular flexibility index (Phi) is 4.90. The summed E-state index contributed by atoms with van der Waals surface area (Å²) in [6, 6.07) is 15.3. The second-order valence-corrected chi connectivity index (χ2v) is 6.94. The highest BCUT2D eigenvalue weighted by Gasteiger charge is 2.10. The Morgan fingerprint density at radius 1 is 1.04 bits per heavy atom. The van der Waals surface area contributed by atoms with Gasteiger partial charge in [0.05, 0.1) is 18.8 Å². The van der Waals surface area contributed by atoms with Crippen LogP contribution in [0.5, 0.6) is 11.5 Å². The molecule has 140 valence electrons. The predicted molar refractivity (Wildman–Crippen MR) is 111 cm³/mol. The first-order chi connectivity index (χ1) is 13.7. The Labute approximate surface area is 165 Å². The van der Waals surface area contributed by atoms with E-state index in [9.17, 15) is 4.79 Å². The molecule has 4 rings (SSSR count). The number of fused-ring (bicyclic) bond motifs is 1. The zero-order chi connectivity index (χ0) is 19.5. The summed E-state index contributed by atoms with van der Waals surface area (Å²) in [4.78, 5) is 17.7. The van der Waals surface area contributed by atoms with Crippen LogP contribution in [0.25, 0.3) is 23.2 Å². The summed E-state index contributed by atoms with van der Waals surface area (Å²) in [5.74, 6) is 1.82. The van der Waals surface area contributed by atoms with Gasteiger partial charge >= 0.3 is 0 Å². The van der Waals surface area contributed by atoms with E-state index in [2.05, 4.69) is 10.1 Å². The maximum absolute atomic E-state index is 12.7. The van der Waals surface area contributed by atoms with Crippen LogP contribution in [-0.4, -0.2) is 28.8 Å². The van der Waals surface area contributed by atoms with E-state index in [1.807, 2.05) is 48.5 Å². The monoisotopic (exact) mass is 391 g/mol. The highest BCUT2D eigenvalue weighted by Crippen LogP contribution is 2.25. The SMILES string of the molecule is COc1ccc(/C=c2\sc3nc(/C=C/c4ccccc4)nn3c2=O)c(OC)c1. The second kappa shape index (κ2) is 7.66. The zero-order valence-corrected chi connectivity index (χ0v) is 16.1. The zero-order valence-electron chi connectivity index (χ0n) is 15.3. The van der Waals surface area contributed by atoms with Gasteiger partial charge in [0, 0.05) is 11.6 Å². The number of benzene rings is 2. The third-order valence-corrected chi connectivity index (χ3v) is 5.11. The molecule has 0 spiro atoms. The van der Waals surface area contributed by atoms with Gasteiger partial charge in [-0.05, 0) is 29.8 Å². The molecule has 0 aliphatic carbocycles. The quantitative estimate of drug-likeness (QED) is 0.523. The van der Waals surface area contributed by atoms with Crippen molar-refractivity contribution in [3.8, 4) is 11.5 Å². The lowest BCUT2D eigenvalue weighted by atomic mass is 10.2. The van der Waals surface area contributed by atoms with Gasteiger partial charge in [-0.25, -0.2) is 0 Å². The second-order valence-electron chi connectivity index (χ2n) is 5.93. The Balaban J connectivity index is 1.70. The Hall–Kier alpha value is -3.45.